The smallest absolute Gasteiger partial charge is 0.193 e. The number of benzene rings is 2. The van der Waals surface area contributed by atoms with Crippen LogP contribution in [0.1, 0.15) is 37.3 Å². The molecule has 0 radical (unpaired) electrons. The highest BCUT2D eigenvalue weighted by Gasteiger charge is 2.19. The molecule has 2 aromatic rings. The van der Waals surface area contributed by atoms with Crippen molar-refractivity contribution in [3.63, 3.8) is 0 Å². The van der Waals surface area contributed by atoms with Gasteiger partial charge in [-0.05, 0) is 55.6 Å². The lowest BCUT2D eigenvalue weighted by molar-refractivity contribution is 0.152. The van der Waals surface area contributed by atoms with Crippen molar-refractivity contribution < 1.29 is 4.74 Å². The molecule has 7 heteroatoms. The second-order valence-electron chi connectivity index (χ2n) is 7.26. The maximum Gasteiger partial charge on any atom is 0.193 e. The highest BCUT2D eigenvalue weighted by Crippen LogP contribution is 2.27. The predicted octanol–water partition coefficient (Wildman–Crippen LogP) is 5.27. The van der Waals surface area contributed by atoms with Gasteiger partial charge in [-0.2, -0.15) is 0 Å². The van der Waals surface area contributed by atoms with Crippen LogP contribution >= 0.6 is 35.6 Å². The second-order valence-corrected chi connectivity index (χ2v) is 7.67. The number of halogens is 2. The molecule has 0 bridgehead atoms. The third-order valence-corrected chi connectivity index (χ3v) is 5.57. The molecule has 5 nitrogen and oxygen atoms in total. The summed E-state index contributed by atoms with van der Waals surface area (Å²) in [6.45, 7) is 5.00. The molecular weight excluding hydrogens is 499 g/mol. The number of guanidine groups is 1. The fraction of sp³-hybridized carbons (Fsp3) is 0.409. The van der Waals surface area contributed by atoms with Crippen molar-refractivity contribution in [3.8, 4) is 5.75 Å². The lowest BCUT2D eigenvalue weighted by atomic mass is 10.0. The van der Waals surface area contributed by atoms with Crippen LogP contribution in [-0.2, 0) is 13.1 Å². The number of ether oxygens (including phenoxy) is 1. The average molecular weight is 529 g/mol. The van der Waals surface area contributed by atoms with Gasteiger partial charge in [-0.3, -0.25) is 4.90 Å². The van der Waals surface area contributed by atoms with E-state index in [9.17, 15) is 0 Å². The van der Waals surface area contributed by atoms with E-state index < -0.39 is 0 Å². The number of hydrogen-bond donors (Lipinski definition) is 2. The zero-order valence-corrected chi connectivity index (χ0v) is 20.1. The average Bonchev–Trinajstić information content (AvgIpc) is 2.69. The first-order valence-corrected chi connectivity index (χ1v) is 10.2. The summed E-state index contributed by atoms with van der Waals surface area (Å²) in [6.07, 6.45) is 3.90. The number of methoxy groups -OCH3 is 1. The molecule has 0 aliphatic carbocycles. The summed E-state index contributed by atoms with van der Waals surface area (Å²) in [5.74, 6) is 0.992. The first-order valence-electron chi connectivity index (χ1n) is 9.78. The highest BCUT2D eigenvalue weighted by atomic mass is 127. The first-order chi connectivity index (χ1) is 13.6. The molecule has 0 amide bonds. The van der Waals surface area contributed by atoms with E-state index in [4.69, 9.17) is 22.1 Å². The summed E-state index contributed by atoms with van der Waals surface area (Å²) >= 11 is 6.16. The Morgan fingerprint density at radius 3 is 2.69 bits per heavy atom. The van der Waals surface area contributed by atoms with Gasteiger partial charge in [0.25, 0.3) is 0 Å². The van der Waals surface area contributed by atoms with Crippen molar-refractivity contribution in [2.45, 2.75) is 45.3 Å². The van der Waals surface area contributed by atoms with E-state index >= 15 is 0 Å². The Kier molecular flexibility index (Phi) is 9.52. The molecule has 3 rings (SSSR count). The molecule has 1 saturated heterocycles. The third kappa shape index (κ3) is 6.76. The first kappa shape index (κ1) is 23.8. The topological polar surface area (TPSA) is 62.9 Å². The quantitative estimate of drug-likeness (QED) is 0.305. The molecule has 1 aliphatic heterocycles. The van der Waals surface area contributed by atoms with E-state index in [1.165, 1.54) is 36.9 Å². The van der Waals surface area contributed by atoms with Gasteiger partial charge in [0.2, 0.25) is 0 Å². The summed E-state index contributed by atoms with van der Waals surface area (Å²) < 4.78 is 5.17. The number of nitrogens with two attached hydrogens (primary N) is 1. The van der Waals surface area contributed by atoms with Crippen molar-refractivity contribution in [2.24, 2.45) is 10.7 Å². The van der Waals surface area contributed by atoms with E-state index in [2.05, 4.69) is 46.4 Å². The van der Waals surface area contributed by atoms with E-state index in [0.29, 0.717) is 29.3 Å². The molecule has 1 aliphatic rings. The Hall–Kier alpha value is -1.51. The summed E-state index contributed by atoms with van der Waals surface area (Å²) in [5.41, 5.74) is 9.39. The second kappa shape index (κ2) is 11.6. The number of likely N-dealkylation sites (tertiary alicyclic amines) is 1. The summed E-state index contributed by atoms with van der Waals surface area (Å²) in [7, 11) is 1.59. The van der Waals surface area contributed by atoms with E-state index in [1.807, 2.05) is 6.07 Å². The molecule has 3 N–H and O–H groups in total. The molecule has 1 heterocycles. The number of rotatable bonds is 6. The van der Waals surface area contributed by atoms with Crippen molar-refractivity contribution in [3.05, 3.63) is 58.6 Å². The van der Waals surface area contributed by atoms with Gasteiger partial charge >= 0.3 is 0 Å². The van der Waals surface area contributed by atoms with Gasteiger partial charge in [0.15, 0.2) is 5.96 Å². The Balaban J connectivity index is 0.00000300. The lowest BCUT2D eigenvalue weighted by Crippen LogP contribution is -2.37. The monoisotopic (exact) mass is 528 g/mol. The fourth-order valence-corrected chi connectivity index (χ4v) is 3.84. The lowest BCUT2D eigenvalue weighted by Gasteiger charge is -2.33. The molecule has 0 saturated carbocycles. The maximum absolute atomic E-state index is 6.16. The number of piperidine rings is 1. The normalized spacial score (nSPS) is 17.5. The number of anilines is 1. The molecule has 29 heavy (non-hydrogen) atoms. The van der Waals surface area contributed by atoms with Gasteiger partial charge < -0.3 is 15.8 Å². The minimum atomic E-state index is 0. The van der Waals surface area contributed by atoms with Crippen LogP contribution in [0.25, 0.3) is 0 Å². The van der Waals surface area contributed by atoms with Crippen LogP contribution in [0.2, 0.25) is 5.02 Å². The molecular formula is C22H30ClIN4O. The van der Waals surface area contributed by atoms with Crippen LogP contribution < -0.4 is 15.8 Å². The summed E-state index contributed by atoms with van der Waals surface area (Å²) in [6, 6.07) is 14.5. The van der Waals surface area contributed by atoms with Crippen LogP contribution in [0.3, 0.4) is 0 Å². The van der Waals surface area contributed by atoms with Crippen molar-refractivity contribution >= 4 is 47.2 Å². The molecule has 158 valence electrons. The molecule has 0 spiro atoms. The predicted molar refractivity (Wildman–Crippen MR) is 133 cm³/mol. The van der Waals surface area contributed by atoms with Crippen molar-refractivity contribution in [2.75, 3.05) is 19.0 Å². The minimum absolute atomic E-state index is 0. The Bertz CT molecular complexity index is 830. The van der Waals surface area contributed by atoms with Crippen LogP contribution in [0.4, 0.5) is 5.69 Å². The Morgan fingerprint density at radius 1 is 1.24 bits per heavy atom. The maximum atomic E-state index is 6.16. The van der Waals surface area contributed by atoms with Crippen molar-refractivity contribution in [1.82, 2.24) is 4.90 Å². The number of hydrogen-bond acceptors (Lipinski definition) is 3. The molecule has 1 fully saturated rings. The van der Waals surface area contributed by atoms with E-state index in [1.54, 1.807) is 19.2 Å². The molecule has 1 unspecified atom stereocenters. The zero-order valence-electron chi connectivity index (χ0n) is 17.0. The van der Waals surface area contributed by atoms with E-state index in [0.717, 1.165) is 12.2 Å². The zero-order chi connectivity index (χ0) is 19.9. The molecule has 1 atom stereocenters. The summed E-state index contributed by atoms with van der Waals surface area (Å²) in [4.78, 5) is 7.09. The number of aliphatic imine (C=N–C) groups is 1. The fourth-order valence-electron chi connectivity index (χ4n) is 3.58. The largest absolute Gasteiger partial charge is 0.495 e. The Morgan fingerprint density at radius 2 is 2.00 bits per heavy atom. The van der Waals surface area contributed by atoms with Crippen LogP contribution in [-0.4, -0.2) is 30.6 Å². The van der Waals surface area contributed by atoms with Gasteiger partial charge in [0, 0.05) is 18.3 Å². The standard InChI is InChI=1S/C22H29ClN4O.HI/c1-16-7-5-6-12-27(16)15-18-9-4-3-8-17(18)14-25-22(24)26-19-10-11-21(28-2)20(23)13-19;/h3-4,8-11,13,16H,5-7,12,14-15H2,1-2H3,(H3,24,25,26);1H. The van der Waals surface area contributed by atoms with Gasteiger partial charge in [-0.1, -0.05) is 42.3 Å². The molecule has 0 aromatic heterocycles. The third-order valence-electron chi connectivity index (χ3n) is 5.28. The molecule has 2 aromatic carbocycles. The van der Waals surface area contributed by atoms with Crippen LogP contribution in [0, 0.1) is 0 Å². The van der Waals surface area contributed by atoms with Crippen LogP contribution in [0.5, 0.6) is 5.75 Å². The number of nitrogens with one attached hydrogen (secondary N) is 1. The summed E-state index contributed by atoms with van der Waals surface area (Å²) in [5, 5.41) is 3.62. The Labute approximate surface area is 195 Å². The van der Waals surface area contributed by atoms with Gasteiger partial charge in [0.1, 0.15) is 5.75 Å². The van der Waals surface area contributed by atoms with E-state index in [-0.39, 0.29) is 24.0 Å². The SMILES string of the molecule is COc1ccc(NC(N)=NCc2ccccc2CN2CCCCC2C)cc1Cl.I. The van der Waals surface area contributed by atoms with Crippen molar-refractivity contribution in [1.29, 1.82) is 0 Å². The van der Waals surface area contributed by atoms with Crippen LogP contribution in [0.15, 0.2) is 47.5 Å². The van der Waals surface area contributed by atoms with Gasteiger partial charge in [0.05, 0.1) is 18.7 Å². The van der Waals surface area contributed by atoms with Gasteiger partial charge in [-0.15, -0.1) is 24.0 Å². The van der Waals surface area contributed by atoms with Gasteiger partial charge in [-0.25, -0.2) is 4.99 Å². The highest BCUT2D eigenvalue weighted by molar-refractivity contribution is 14.0. The number of nitrogens with zero attached hydrogens (tertiary/aromatic N) is 2. The minimum Gasteiger partial charge on any atom is -0.495 e.